The predicted molar refractivity (Wildman–Crippen MR) is 126 cm³/mol. The maximum Gasteiger partial charge on any atom is 0.338 e. The van der Waals surface area contributed by atoms with Crippen molar-refractivity contribution in [1.82, 2.24) is 4.57 Å². The van der Waals surface area contributed by atoms with Crippen LogP contribution in [0.5, 0.6) is 0 Å². The van der Waals surface area contributed by atoms with Crippen LogP contribution in [0.1, 0.15) is 40.5 Å². The summed E-state index contributed by atoms with van der Waals surface area (Å²) >= 11 is 1.14. The lowest BCUT2D eigenvalue weighted by atomic mass is 10.2. The number of esters is 2. The number of methoxy groups -OCH3 is 1. The third-order valence-corrected chi connectivity index (χ3v) is 6.37. The molecule has 0 bridgehead atoms. The van der Waals surface area contributed by atoms with E-state index in [1.165, 1.54) is 35.9 Å². The highest BCUT2D eigenvalue weighted by Gasteiger charge is 2.30. The second kappa shape index (κ2) is 10.0. The number of rotatable bonds is 6. The van der Waals surface area contributed by atoms with E-state index in [2.05, 4.69) is 4.99 Å². The first kappa shape index (κ1) is 24.0. The summed E-state index contributed by atoms with van der Waals surface area (Å²) in [6.45, 7) is 1.76. The highest BCUT2D eigenvalue weighted by atomic mass is 32.1. The van der Waals surface area contributed by atoms with Crippen LogP contribution >= 0.6 is 11.3 Å². The average molecular weight is 496 g/mol. The molecule has 1 saturated heterocycles. The van der Waals surface area contributed by atoms with Crippen LogP contribution in [0.25, 0.3) is 10.2 Å². The van der Waals surface area contributed by atoms with Crippen LogP contribution in [0.15, 0.2) is 47.5 Å². The second-order valence-electron chi connectivity index (χ2n) is 7.54. The summed E-state index contributed by atoms with van der Waals surface area (Å²) in [5.74, 6) is -2.15. The van der Waals surface area contributed by atoms with Crippen molar-refractivity contribution in [2.75, 3.05) is 18.6 Å². The minimum Gasteiger partial charge on any atom is -0.468 e. The van der Waals surface area contributed by atoms with Gasteiger partial charge in [0.05, 0.1) is 35.2 Å². The number of hydrogen-bond donors (Lipinski definition) is 0. The topological polar surface area (TPSA) is 124 Å². The van der Waals surface area contributed by atoms with Crippen molar-refractivity contribution in [1.29, 1.82) is 0 Å². The molecule has 35 heavy (non-hydrogen) atoms. The van der Waals surface area contributed by atoms with E-state index in [0.29, 0.717) is 21.5 Å². The normalized spacial score (nSPS) is 14.0. The highest BCUT2D eigenvalue weighted by Crippen LogP contribution is 2.23. The Morgan fingerprint density at radius 2 is 1.66 bits per heavy atom. The summed E-state index contributed by atoms with van der Waals surface area (Å²) in [6.07, 6.45) is 0.331. The molecule has 0 atom stereocenters. The van der Waals surface area contributed by atoms with E-state index in [-0.39, 0.29) is 48.2 Å². The SMILES string of the molecule is CCOC(=O)c1ccc2c(c1)sc(=NC(=O)c1ccc(N3C(=O)CCC3=O)cc1)n2CC(=O)OC. The molecular formula is C24H21N3O7S. The Kier molecular flexibility index (Phi) is 6.87. The highest BCUT2D eigenvalue weighted by molar-refractivity contribution is 7.16. The molecule has 0 unspecified atom stereocenters. The predicted octanol–water partition coefficient (Wildman–Crippen LogP) is 2.45. The molecule has 4 rings (SSSR count). The molecule has 2 heterocycles. The van der Waals surface area contributed by atoms with Gasteiger partial charge < -0.3 is 14.0 Å². The number of ether oxygens (including phenoxy) is 2. The van der Waals surface area contributed by atoms with Gasteiger partial charge >= 0.3 is 11.9 Å². The number of imide groups is 1. The molecule has 0 saturated carbocycles. The van der Waals surface area contributed by atoms with Crippen molar-refractivity contribution in [3.8, 4) is 0 Å². The molecule has 11 heteroatoms. The lowest BCUT2D eigenvalue weighted by Crippen LogP contribution is -2.28. The number of anilines is 1. The zero-order valence-corrected chi connectivity index (χ0v) is 19.8. The summed E-state index contributed by atoms with van der Waals surface area (Å²) in [7, 11) is 1.26. The van der Waals surface area contributed by atoms with Crippen LogP contribution in [0.2, 0.25) is 0 Å². The Bertz CT molecular complexity index is 1400. The fourth-order valence-corrected chi connectivity index (χ4v) is 4.68. The first-order chi connectivity index (χ1) is 16.8. The molecule has 1 aliphatic rings. The zero-order valence-electron chi connectivity index (χ0n) is 19.0. The van der Waals surface area contributed by atoms with Crippen molar-refractivity contribution in [3.63, 3.8) is 0 Å². The van der Waals surface area contributed by atoms with Crippen molar-refractivity contribution in [3.05, 3.63) is 58.4 Å². The maximum atomic E-state index is 12.9. The molecule has 2 aromatic carbocycles. The number of hydrogen-bond acceptors (Lipinski definition) is 8. The van der Waals surface area contributed by atoms with E-state index in [4.69, 9.17) is 9.47 Å². The molecule has 0 radical (unpaired) electrons. The van der Waals surface area contributed by atoms with Gasteiger partial charge in [-0.05, 0) is 49.4 Å². The molecule has 0 spiro atoms. The van der Waals surface area contributed by atoms with E-state index in [0.717, 1.165) is 16.2 Å². The number of fused-ring (bicyclic) bond motifs is 1. The average Bonchev–Trinajstić information content (AvgIpc) is 3.37. The number of aromatic nitrogens is 1. The number of amides is 3. The number of nitrogens with zero attached hydrogens (tertiary/aromatic N) is 3. The standard InChI is InChI=1S/C24H21N3O7S/c1-3-34-23(32)15-6-9-17-18(12-15)35-24(26(17)13-21(30)33-2)25-22(31)14-4-7-16(8-5-14)27-19(28)10-11-20(27)29/h4-9,12H,3,10-11,13H2,1-2H3. The quantitative estimate of drug-likeness (QED) is 0.380. The van der Waals surface area contributed by atoms with E-state index >= 15 is 0 Å². The number of thiazole rings is 1. The molecule has 3 amide bonds. The van der Waals surface area contributed by atoms with Crippen molar-refractivity contribution < 1.29 is 33.4 Å². The third-order valence-electron chi connectivity index (χ3n) is 5.33. The molecule has 1 aromatic heterocycles. The van der Waals surface area contributed by atoms with Crippen molar-refractivity contribution >= 4 is 56.9 Å². The summed E-state index contributed by atoms with van der Waals surface area (Å²) in [4.78, 5) is 66.4. The summed E-state index contributed by atoms with van der Waals surface area (Å²) in [5.41, 5.74) is 1.57. The van der Waals surface area contributed by atoms with Crippen LogP contribution in [-0.2, 0) is 30.4 Å². The van der Waals surface area contributed by atoms with Gasteiger partial charge in [0.1, 0.15) is 6.54 Å². The zero-order chi connectivity index (χ0) is 25.1. The van der Waals surface area contributed by atoms with Crippen molar-refractivity contribution in [2.45, 2.75) is 26.3 Å². The van der Waals surface area contributed by atoms with Crippen molar-refractivity contribution in [2.24, 2.45) is 4.99 Å². The van der Waals surface area contributed by atoms with Gasteiger partial charge in [-0.25, -0.2) is 4.79 Å². The smallest absolute Gasteiger partial charge is 0.338 e. The van der Waals surface area contributed by atoms with E-state index in [1.54, 1.807) is 25.1 Å². The van der Waals surface area contributed by atoms with Crippen LogP contribution in [0.4, 0.5) is 5.69 Å². The fraction of sp³-hybridized carbons (Fsp3) is 0.250. The van der Waals surface area contributed by atoms with Gasteiger partial charge in [-0.3, -0.25) is 24.1 Å². The first-order valence-electron chi connectivity index (χ1n) is 10.7. The Labute approximate surface area is 203 Å². The Hall–Kier alpha value is -4.12. The lowest BCUT2D eigenvalue weighted by molar-refractivity contribution is -0.141. The van der Waals surface area contributed by atoms with Gasteiger partial charge in [0.15, 0.2) is 4.80 Å². The molecule has 0 aliphatic carbocycles. The van der Waals surface area contributed by atoms with Gasteiger partial charge in [-0.2, -0.15) is 4.99 Å². The van der Waals surface area contributed by atoms with Crippen LogP contribution in [0, 0.1) is 0 Å². The monoisotopic (exact) mass is 495 g/mol. The Morgan fingerprint density at radius 3 is 2.29 bits per heavy atom. The van der Waals surface area contributed by atoms with E-state index in [9.17, 15) is 24.0 Å². The minimum atomic E-state index is -0.577. The second-order valence-corrected chi connectivity index (χ2v) is 8.55. The van der Waals surface area contributed by atoms with E-state index < -0.39 is 17.8 Å². The Morgan fingerprint density at radius 1 is 1.00 bits per heavy atom. The first-order valence-corrected chi connectivity index (χ1v) is 11.6. The minimum absolute atomic E-state index is 0.166. The lowest BCUT2D eigenvalue weighted by Gasteiger charge is -2.13. The van der Waals surface area contributed by atoms with Gasteiger partial charge in [0.2, 0.25) is 11.8 Å². The summed E-state index contributed by atoms with van der Waals surface area (Å²) in [5, 5.41) is 0. The van der Waals surface area contributed by atoms with Gasteiger partial charge in [-0.15, -0.1) is 0 Å². The van der Waals surface area contributed by atoms with Gasteiger partial charge in [0, 0.05) is 18.4 Å². The molecule has 180 valence electrons. The Balaban J connectivity index is 1.71. The van der Waals surface area contributed by atoms with Crippen LogP contribution in [0.3, 0.4) is 0 Å². The third kappa shape index (κ3) is 4.90. The number of benzene rings is 2. The molecule has 1 aliphatic heterocycles. The van der Waals surface area contributed by atoms with Gasteiger partial charge in [0.25, 0.3) is 5.91 Å². The van der Waals surface area contributed by atoms with Crippen LogP contribution in [-0.4, -0.2) is 47.9 Å². The van der Waals surface area contributed by atoms with E-state index in [1.807, 2.05) is 0 Å². The molecular weight excluding hydrogens is 474 g/mol. The summed E-state index contributed by atoms with van der Waals surface area (Å²) in [6, 6.07) is 10.9. The van der Waals surface area contributed by atoms with Gasteiger partial charge in [-0.1, -0.05) is 11.3 Å². The molecule has 10 nitrogen and oxygen atoms in total. The molecule has 3 aromatic rings. The fourth-order valence-electron chi connectivity index (χ4n) is 3.62. The largest absolute Gasteiger partial charge is 0.468 e. The molecule has 0 N–H and O–H groups in total. The molecule has 1 fully saturated rings. The number of carbonyl (C=O) groups is 5. The van der Waals surface area contributed by atoms with Crippen LogP contribution < -0.4 is 9.70 Å². The number of carbonyl (C=O) groups excluding carboxylic acids is 5. The summed E-state index contributed by atoms with van der Waals surface area (Å²) < 4.78 is 12.0. The maximum absolute atomic E-state index is 12.9.